The third kappa shape index (κ3) is 5.77. The SMILES string of the molecule is CC(C)[C@H]1CC[C@H](C)C[C@@H]1OC(=O)CSc1nc2ccccc2c(=O)n1-c1cccc(C(F)(F)F)c1. The Morgan fingerprint density at radius 3 is 2.64 bits per heavy atom. The number of thioether (sulfide) groups is 1. The zero-order chi connectivity index (χ0) is 26.0. The lowest BCUT2D eigenvalue weighted by Crippen LogP contribution is -2.36. The van der Waals surface area contributed by atoms with Crippen molar-refractivity contribution in [3.63, 3.8) is 0 Å². The number of halogens is 3. The summed E-state index contributed by atoms with van der Waals surface area (Å²) in [5.41, 5.74) is -0.939. The molecule has 36 heavy (non-hydrogen) atoms. The summed E-state index contributed by atoms with van der Waals surface area (Å²) in [6.45, 7) is 6.41. The molecule has 5 nitrogen and oxygen atoms in total. The van der Waals surface area contributed by atoms with Crippen LogP contribution in [0.1, 0.15) is 45.6 Å². The van der Waals surface area contributed by atoms with Gasteiger partial charge in [0.25, 0.3) is 5.56 Å². The number of para-hydroxylation sites is 1. The average molecular weight is 519 g/mol. The summed E-state index contributed by atoms with van der Waals surface area (Å²) in [5.74, 6) is 0.606. The van der Waals surface area contributed by atoms with Gasteiger partial charge in [0.15, 0.2) is 5.16 Å². The van der Waals surface area contributed by atoms with Gasteiger partial charge in [0, 0.05) is 0 Å². The van der Waals surface area contributed by atoms with Gasteiger partial charge in [-0.05, 0) is 60.9 Å². The number of hydrogen-bond acceptors (Lipinski definition) is 5. The first-order valence-corrected chi connectivity index (χ1v) is 13.0. The van der Waals surface area contributed by atoms with Crippen LogP contribution < -0.4 is 5.56 Å². The van der Waals surface area contributed by atoms with Crippen molar-refractivity contribution in [2.45, 2.75) is 57.5 Å². The first kappa shape index (κ1) is 26.3. The number of carbonyl (C=O) groups excluding carboxylic acids is 1. The van der Waals surface area contributed by atoms with Gasteiger partial charge >= 0.3 is 12.1 Å². The summed E-state index contributed by atoms with van der Waals surface area (Å²) in [6, 6.07) is 11.2. The maximum absolute atomic E-state index is 13.4. The molecule has 192 valence electrons. The van der Waals surface area contributed by atoms with Gasteiger partial charge in [-0.15, -0.1) is 0 Å². The fourth-order valence-electron chi connectivity index (χ4n) is 4.83. The van der Waals surface area contributed by atoms with E-state index < -0.39 is 23.3 Å². The summed E-state index contributed by atoms with van der Waals surface area (Å²) in [7, 11) is 0. The first-order valence-electron chi connectivity index (χ1n) is 12.1. The molecule has 3 atom stereocenters. The van der Waals surface area contributed by atoms with E-state index in [1.54, 1.807) is 24.3 Å². The molecule has 2 aromatic carbocycles. The molecule has 1 fully saturated rings. The van der Waals surface area contributed by atoms with E-state index in [2.05, 4.69) is 25.8 Å². The number of aromatic nitrogens is 2. The number of hydrogen-bond donors (Lipinski definition) is 0. The Morgan fingerprint density at radius 1 is 1.17 bits per heavy atom. The monoisotopic (exact) mass is 518 g/mol. The van der Waals surface area contributed by atoms with Crippen LogP contribution in [0.25, 0.3) is 16.6 Å². The second-order valence-electron chi connectivity index (χ2n) is 9.74. The second kappa shape index (κ2) is 10.7. The fourth-order valence-corrected chi connectivity index (χ4v) is 5.63. The molecule has 0 bridgehead atoms. The lowest BCUT2D eigenvalue weighted by Gasteiger charge is -2.36. The van der Waals surface area contributed by atoms with Crippen LogP contribution in [-0.2, 0) is 15.7 Å². The average Bonchev–Trinajstić information content (AvgIpc) is 2.82. The van der Waals surface area contributed by atoms with E-state index in [-0.39, 0.29) is 34.0 Å². The van der Waals surface area contributed by atoms with Gasteiger partial charge < -0.3 is 4.74 Å². The van der Waals surface area contributed by atoms with Crippen molar-refractivity contribution >= 4 is 28.6 Å². The minimum absolute atomic E-state index is 0.0323. The molecular weight excluding hydrogens is 489 g/mol. The van der Waals surface area contributed by atoms with E-state index in [4.69, 9.17) is 4.74 Å². The van der Waals surface area contributed by atoms with Crippen LogP contribution in [0, 0.1) is 17.8 Å². The summed E-state index contributed by atoms with van der Waals surface area (Å²) < 4.78 is 47.1. The number of alkyl halides is 3. The Bertz CT molecular complexity index is 1310. The van der Waals surface area contributed by atoms with Crippen molar-refractivity contribution < 1.29 is 22.7 Å². The van der Waals surface area contributed by atoms with Crippen molar-refractivity contribution in [3.8, 4) is 5.69 Å². The van der Waals surface area contributed by atoms with E-state index in [0.29, 0.717) is 17.4 Å². The molecule has 1 heterocycles. The van der Waals surface area contributed by atoms with E-state index in [9.17, 15) is 22.8 Å². The van der Waals surface area contributed by atoms with E-state index in [0.717, 1.165) is 47.7 Å². The molecule has 0 radical (unpaired) electrons. The predicted molar refractivity (Wildman–Crippen MR) is 134 cm³/mol. The normalized spacial score (nSPS) is 20.6. The van der Waals surface area contributed by atoms with Crippen LogP contribution in [0.3, 0.4) is 0 Å². The lowest BCUT2D eigenvalue weighted by molar-refractivity contribution is -0.152. The second-order valence-corrected chi connectivity index (χ2v) is 10.7. The molecule has 1 aliphatic carbocycles. The standard InChI is InChI=1S/C27H29F3N2O3S/c1-16(2)20-12-11-17(3)13-23(20)35-24(33)15-36-26-31-22-10-5-4-9-21(22)25(34)32(26)19-8-6-7-18(14-19)27(28,29)30/h4-10,14,16-17,20,23H,11-13,15H2,1-3H3/t17-,20+,23-/m0/s1. The van der Waals surface area contributed by atoms with Crippen LogP contribution in [0.2, 0.25) is 0 Å². The predicted octanol–water partition coefficient (Wildman–Crippen LogP) is 6.50. The number of esters is 1. The maximum atomic E-state index is 13.4. The van der Waals surface area contributed by atoms with Gasteiger partial charge in [-0.2, -0.15) is 13.2 Å². The van der Waals surface area contributed by atoms with Crippen molar-refractivity contribution in [2.24, 2.45) is 17.8 Å². The highest BCUT2D eigenvalue weighted by Crippen LogP contribution is 2.36. The van der Waals surface area contributed by atoms with Crippen LogP contribution >= 0.6 is 11.8 Å². The molecule has 0 unspecified atom stereocenters. The number of ether oxygens (including phenoxy) is 1. The molecule has 4 rings (SSSR count). The number of fused-ring (bicyclic) bond motifs is 1. The molecule has 0 saturated heterocycles. The van der Waals surface area contributed by atoms with E-state index >= 15 is 0 Å². The summed E-state index contributed by atoms with van der Waals surface area (Å²) in [6.07, 6.45) is -1.81. The molecule has 9 heteroatoms. The fraction of sp³-hybridized carbons (Fsp3) is 0.444. The van der Waals surface area contributed by atoms with Crippen LogP contribution in [0.5, 0.6) is 0 Å². The van der Waals surface area contributed by atoms with Gasteiger partial charge in [0.2, 0.25) is 0 Å². The minimum Gasteiger partial charge on any atom is -0.461 e. The van der Waals surface area contributed by atoms with Gasteiger partial charge in [0.05, 0.1) is 27.9 Å². The molecule has 0 N–H and O–H groups in total. The van der Waals surface area contributed by atoms with Crippen molar-refractivity contribution in [2.75, 3.05) is 5.75 Å². The number of rotatable bonds is 6. The van der Waals surface area contributed by atoms with Gasteiger partial charge in [-0.3, -0.25) is 14.2 Å². The molecule has 1 saturated carbocycles. The highest BCUT2D eigenvalue weighted by atomic mass is 32.2. The minimum atomic E-state index is -4.56. The molecule has 0 amide bonds. The van der Waals surface area contributed by atoms with Crippen LogP contribution in [0.15, 0.2) is 58.5 Å². The number of carbonyl (C=O) groups is 1. The van der Waals surface area contributed by atoms with Gasteiger partial charge in [-0.25, -0.2) is 4.98 Å². The molecule has 3 aromatic rings. The van der Waals surface area contributed by atoms with Crippen LogP contribution in [0.4, 0.5) is 13.2 Å². The Morgan fingerprint density at radius 2 is 1.92 bits per heavy atom. The smallest absolute Gasteiger partial charge is 0.416 e. The van der Waals surface area contributed by atoms with Gasteiger partial charge in [0.1, 0.15) is 6.10 Å². The molecular formula is C27H29F3N2O3S. The molecule has 1 aliphatic rings. The topological polar surface area (TPSA) is 61.2 Å². The Labute approximate surface area is 212 Å². The maximum Gasteiger partial charge on any atom is 0.416 e. The Hall–Kier alpha value is -2.81. The molecule has 1 aromatic heterocycles. The third-order valence-corrected chi connectivity index (χ3v) is 7.65. The zero-order valence-corrected chi connectivity index (χ0v) is 21.2. The highest BCUT2D eigenvalue weighted by Gasteiger charge is 2.34. The van der Waals surface area contributed by atoms with Gasteiger partial charge in [-0.1, -0.05) is 57.2 Å². The Kier molecular flexibility index (Phi) is 7.78. The van der Waals surface area contributed by atoms with Crippen molar-refractivity contribution in [3.05, 3.63) is 64.4 Å². The quantitative estimate of drug-likeness (QED) is 0.212. The van der Waals surface area contributed by atoms with Crippen molar-refractivity contribution in [1.82, 2.24) is 9.55 Å². The summed E-state index contributed by atoms with van der Waals surface area (Å²) >= 11 is 0.987. The molecule has 0 spiro atoms. The van der Waals surface area contributed by atoms with E-state index in [1.165, 1.54) is 12.1 Å². The van der Waals surface area contributed by atoms with Crippen LogP contribution in [-0.4, -0.2) is 27.4 Å². The largest absolute Gasteiger partial charge is 0.461 e. The Balaban J connectivity index is 1.64. The first-order chi connectivity index (χ1) is 17.0. The lowest BCUT2D eigenvalue weighted by atomic mass is 9.75. The highest BCUT2D eigenvalue weighted by molar-refractivity contribution is 7.99. The van der Waals surface area contributed by atoms with Crippen molar-refractivity contribution in [1.29, 1.82) is 0 Å². The third-order valence-electron chi connectivity index (χ3n) is 6.74. The van der Waals surface area contributed by atoms with E-state index in [1.807, 2.05) is 0 Å². The number of nitrogens with zero attached hydrogens (tertiary/aromatic N) is 2. The summed E-state index contributed by atoms with van der Waals surface area (Å²) in [4.78, 5) is 30.7. The summed E-state index contributed by atoms with van der Waals surface area (Å²) in [5, 5.41) is 0.408. The zero-order valence-electron chi connectivity index (χ0n) is 20.4. The molecule has 0 aliphatic heterocycles. The number of benzene rings is 2.